The number of hydrogen-bond acceptors (Lipinski definition) is 5. The summed E-state index contributed by atoms with van der Waals surface area (Å²) in [5.74, 6) is 0.872. The van der Waals surface area contributed by atoms with E-state index in [1.54, 1.807) is 10.8 Å². The molecule has 152 valence electrons. The minimum atomic E-state index is -0.205. The molecule has 0 radical (unpaired) electrons. The summed E-state index contributed by atoms with van der Waals surface area (Å²) in [6.07, 6.45) is 2.32. The molecule has 2 aromatic heterocycles. The minimum Gasteiger partial charge on any atom is -0.339 e. The third-order valence-electron chi connectivity index (χ3n) is 5.19. The zero-order chi connectivity index (χ0) is 21.3. The molecular weight excluding hydrogens is 380 g/mol. The Bertz CT molecular complexity index is 1280. The molecule has 2 heterocycles. The average Bonchev–Trinajstić information content (AvgIpc) is 3.35. The molecule has 0 saturated carbocycles. The lowest BCUT2D eigenvalue weighted by Crippen LogP contribution is -2.15. The summed E-state index contributed by atoms with van der Waals surface area (Å²) >= 11 is 0. The Morgan fingerprint density at radius 1 is 1.10 bits per heavy atom. The third kappa shape index (κ3) is 3.87. The molecular formula is C23H22N4O3. The van der Waals surface area contributed by atoms with Gasteiger partial charge in [-0.05, 0) is 50.1 Å². The van der Waals surface area contributed by atoms with Crippen LogP contribution in [0.2, 0.25) is 0 Å². The quantitative estimate of drug-likeness (QED) is 0.493. The van der Waals surface area contributed by atoms with Gasteiger partial charge in [0.1, 0.15) is 0 Å². The van der Waals surface area contributed by atoms with Crippen molar-refractivity contribution in [3.63, 3.8) is 0 Å². The highest BCUT2D eigenvalue weighted by atomic mass is 16.5. The summed E-state index contributed by atoms with van der Waals surface area (Å²) in [5, 5.41) is 4.04. The Balaban J connectivity index is 1.49. The smallest absolute Gasteiger partial charge is 0.330 e. The molecule has 7 nitrogen and oxygen atoms in total. The van der Waals surface area contributed by atoms with E-state index in [9.17, 15) is 9.59 Å². The van der Waals surface area contributed by atoms with Crippen LogP contribution in [0, 0.1) is 20.8 Å². The van der Waals surface area contributed by atoms with Crippen LogP contribution in [-0.2, 0) is 6.42 Å². The van der Waals surface area contributed by atoms with Gasteiger partial charge in [0.15, 0.2) is 5.78 Å². The molecule has 7 heteroatoms. The molecule has 0 saturated heterocycles. The molecule has 0 aliphatic carbocycles. The number of nitrogens with zero attached hydrogens (tertiary/aromatic N) is 3. The van der Waals surface area contributed by atoms with Crippen LogP contribution in [0.25, 0.3) is 17.1 Å². The van der Waals surface area contributed by atoms with Crippen molar-refractivity contribution in [2.75, 3.05) is 0 Å². The largest absolute Gasteiger partial charge is 0.339 e. The average molecular weight is 402 g/mol. The summed E-state index contributed by atoms with van der Waals surface area (Å²) in [6.45, 7) is 5.86. The van der Waals surface area contributed by atoms with Gasteiger partial charge in [-0.15, -0.1) is 0 Å². The summed E-state index contributed by atoms with van der Waals surface area (Å²) in [6, 6.07) is 13.1. The number of aromatic amines is 1. The van der Waals surface area contributed by atoms with E-state index in [2.05, 4.69) is 15.1 Å². The van der Waals surface area contributed by atoms with Gasteiger partial charge in [0.25, 0.3) is 0 Å². The topological polar surface area (TPSA) is 93.8 Å². The minimum absolute atomic E-state index is 0.0437. The second-order valence-electron chi connectivity index (χ2n) is 7.35. The molecule has 0 bridgehead atoms. The van der Waals surface area contributed by atoms with Crippen molar-refractivity contribution in [3.8, 4) is 17.1 Å². The fraction of sp³-hybridized carbons (Fsp3) is 0.217. The van der Waals surface area contributed by atoms with Gasteiger partial charge in [0.2, 0.25) is 11.7 Å². The summed E-state index contributed by atoms with van der Waals surface area (Å²) < 4.78 is 6.91. The van der Waals surface area contributed by atoms with Gasteiger partial charge in [-0.3, -0.25) is 9.36 Å². The van der Waals surface area contributed by atoms with E-state index in [-0.39, 0.29) is 11.5 Å². The number of carbonyl (C=O) groups excluding carboxylic acids is 1. The van der Waals surface area contributed by atoms with Crippen molar-refractivity contribution in [2.24, 2.45) is 0 Å². The number of aryl methyl sites for hydroxylation is 4. The standard InChI is InChI=1S/C23H22N4O3/c1-14-7-8-17(11-15(14)2)20(28)9-10-21-25-22(26-30-21)18-5-4-6-19(12-18)27-16(3)13-24-23(27)29/h4-8,11-13H,9-10H2,1-3H3,(H,24,29). The first-order valence-electron chi connectivity index (χ1n) is 9.73. The maximum absolute atomic E-state index is 12.5. The Kier molecular flexibility index (Phi) is 5.18. The number of aromatic nitrogens is 4. The molecule has 4 aromatic rings. The van der Waals surface area contributed by atoms with Gasteiger partial charge in [-0.2, -0.15) is 4.98 Å². The first-order chi connectivity index (χ1) is 14.4. The van der Waals surface area contributed by atoms with Crippen molar-refractivity contribution in [1.29, 1.82) is 0 Å². The van der Waals surface area contributed by atoms with Crippen LogP contribution >= 0.6 is 0 Å². The predicted molar refractivity (Wildman–Crippen MR) is 113 cm³/mol. The van der Waals surface area contributed by atoms with E-state index in [0.717, 1.165) is 22.4 Å². The molecule has 0 aliphatic heterocycles. The number of rotatable bonds is 6. The molecule has 0 spiro atoms. The highest BCUT2D eigenvalue weighted by Gasteiger charge is 2.14. The number of H-pyrrole nitrogens is 1. The molecule has 30 heavy (non-hydrogen) atoms. The van der Waals surface area contributed by atoms with E-state index >= 15 is 0 Å². The number of benzene rings is 2. The van der Waals surface area contributed by atoms with Crippen molar-refractivity contribution in [1.82, 2.24) is 19.7 Å². The number of hydrogen-bond donors (Lipinski definition) is 1. The van der Waals surface area contributed by atoms with Gasteiger partial charge in [0, 0.05) is 35.9 Å². The van der Waals surface area contributed by atoms with E-state index in [1.165, 1.54) is 0 Å². The molecule has 0 fully saturated rings. The fourth-order valence-corrected chi connectivity index (χ4v) is 3.31. The maximum atomic E-state index is 12.5. The number of ketones is 1. The monoisotopic (exact) mass is 402 g/mol. The number of Topliss-reactive ketones (excluding diaryl/α,β-unsaturated/α-hetero) is 1. The molecule has 0 atom stereocenters. The zero-order valence-corrected chi connectivity index (χ0v) is 17.1. The molecule has 4 rings (SSSR count). The van der Waals surface area contributed by atoms with E-state index in [0.29, 0.717) is 35.8 Å². The van der Waals surface area contributed by atoms with E-state index in [1.807, 2.05) is 63.2 Å². The number of imidazole rings is 1. The Morgan fingerprint density at radius 2 is 1.93 bits per heavy atom. The molecule has 1 N–H and O–H groups in total. The van der Waals surface area contributed by atoms with Crippen LogP contribution in [-0.4, -0.2) is 25.5 Å². The SMILES string of the molecule is Cc1ccc(C(=O)CCc2nc(-c3cccc(-n4c(C)c[nH]c4=O)c3)no2)cc1C. The predicted octanol–water partition coefficient (Wildman–Crippen LogP) is 3.96. The third-order valence-corrected chi connectivity index (χ3v) is 5.19. The van der Waals surface area contributed by atoms with Crippen LogP contribution in [0.1, 0.15) is 39.5 Å². The van der Waals surface area contributed by atoms with Crippen LogP contribution in [0.4, 0.5) is 0 Å². The summed E-state index contributed by atoms with van der Waals surface area (Å²) in [5.41, 5.74) is 4.99. The normalized spacial score (nSPS) is 11.0. The van der Waals surface area contributed by atoms with Crippen molar-refractivity contribution < 1.29 is 9.32 Å². The van der Waals surface area contributed by atoms with Crippen molar-refractivity contribution in [3.05, 3.63) is 87.4 Å². The second-order valence-corrected chi connectivity index (χ2v) is 7.35. The highest BCUT2D eigenvalue weighted by molar-refractivity contribution is 5.96. The van der Waals surface area contributed by atoms with E-state index in [4.69, 9.17) is 4.52 Å². The van der Waals surface area contributed by atoms with Crippen LogP contribution in [0.5, 0.6) is 0 Å². The molecule has 0 amide bonds. The Hall–Kier alpha value is -3.74. The first kappa shape index (κ1) is 19.6. The molecule has 0 unspecified atom stereocenters. The molecule has 0 aliphatic rings. The van der Waals surface area contributed by atoms with Gasteiger partial charge < -0.3 is 9.51 Å². The lowest BCUT2D eigenvalue weighted by molar-refractivity contribution is 0.0979. The van der Waals surface area contributed by atoms with Gasteiger partial charge in [-0.1, -0.05) is 29.4 Å². The summed E-state index contributed by atoms with van der Waals surface area (Å²) in [4.78, 5) is 31.6. The van der Waals surface area contributed by atoms with Crippen LogP contribution < -0.4 is 5.69 Å². The summed E-state index contributed by atoms with van der Waals surface area (Å²) in [7, 11) is 0. The van der Waals surface area contributed by atoms with Crippen molar-refractivity contribution in [2.45, 2.75) is 33.6 Å². The van der Waals surface area contributed by atoms with Gasteiger partial charge in [0.05, 0.1) is 5.69 Å². The number of carbonyl (C=O) groups is 1. The Morgan fingerprint density at radius 3 is 2.67 bits per heavy atom. The zero-order valence-electron chi connectivity index (χ0n) is 17.1. The lowest BCUT2D eigenvalue weighted by Gasteiger charge is -2.05. The fourth-order valence-electron chi connectivity index (χ4n) is 3.31. The maximum Gasteiger partial charge on any atom is 0.330 e. The van der Waals surface area contributed by atoms with Crippen LogP contribution in [0.15, 0.2) is 58.0 Å². The second kappa shape index (κ2) is 7.94. The number of nitrogens with one attached hydrogen (secondary N) is 1. The van der Waals surface area contributed by atoms with Gasteiger partial charge >= 0.3 is 5.69 Å². The van der Waals surface area contributed by atoms with Crippen molar-refractivity contribution >= 4 is 5.78 Å². The van der Waals surface area contributed by atoms with Gasteiger partial charge in [-0.25, -0.2) is 4.79 Å². The highest BCUT2D eigenvalue weighted by Crippen LogP contribution is 2.20. The first-order valence-corrected chi connectivity index (χ1v) is 9.73. The van der Waals surface area contributed by atoms with Crippen LogP contribution in [0.3, 0.4) is 0 Å². The van der Waals surface area contributed by atoms with E-state index < -0.39 is 0 Å². The molecule has 2 aromatic carbocycles. The lowest BCUT2D eigenvalue weighted by atomic mass is 10.0. The Labute approximate surface area is 173 Å².